The van der Waals surface area contributed by atoms with E-state index in [2.05, 4.69) is 48.3 Å². The lowest BCUT2D eigenvalue weighted by Gasteiger charge is -2.26. The molecule has 2 heterocycles. The topological polar surface area (TPSA) is 32.3 Å². The molecule has 1 aromatic carbocycles. The molecule has 2 aliphatic rings. The quantitative estimate of drug-likeness (QED) is 0.915. The van der Waals surface area contributed by atoms with Crippen LogP contribution in [-0.2, 0) is 4.79 Å². The molecule has 1 amide bonds. The lowest BCUT2D eigenvalue weighted by molar-refractivity contribution is -0.130. The minimum atomic E-state index is 0.235. The first-order valence-corrected chi connectivity index (χ1v) is 7.72. The molecule has 3 nitrogen and oxygen atoms in total. The van der Waals surface area contributed by atoms with Crippen LogP contribution in [0, 0.1) is 0 Å². The number of benzene rings is 1. The SMILES string of the molecule is CC(=O)N1[C@H]2CC[C@@H]1C(Nc1ccccc1C(C)C)C2. The molecule has 3 heteroatoms. The van der Waals surface area contributed by atoms with Gasteiger partial charge < -0.3 is 10.2 Å². The van der Waals surface area contributed by atoms with E-state index in [1.807, 2.05) is 0 Å². The number of carbonyl (C=O) groups is 1. The number of fused-ring (bicyclic) bond motifs is 2. The summed E-state index contributed by atoms with van der Waals surface area (Å²) in [5.74, 6) is 0.750. The molecule has 2 bridgehead atoms. The van der Waals surface area contributed by atoms with Crippen LogP contribution in [0.3, 0.4) is 0 Å². The van der Waals surface area contributed by atoms with Crippen molar-refractivity contribution in [3.8, 4) is 0 Å². The molecule has 108 valence electrons. The van der Waals surface area contributed by atoms with Crippen LogP contribution in [0.25, 0.3) is 0 Å². The van der Waals surface area contributed by atoms with E-state index in [0.717, 1.165) is 12.8 Å². The Morgan fingerprint density at radius 2 is 2.05 bits per heavy atom. The van der Waals surface area contributed by atoms with Gasteiger partial charge in [0.25, 0.3) is 0 Å². The van der Waals surface area contributed by atoms with Crippen molar-refractivity contribution in [1.29, 1.82) is 0 Å². The van der Waals surface area contributed by atoms with Crippen LogP contribution < -0.4 is 5.32 Å². The van der Waals surface area contributed by atoms with Gasteiger partial charge in [0, 0.05) is 24.7 Å². The van der Waals surface area contributed by atoms with Crippen molar-refractivity contribution in [3.05, 3.63) is 29.8 Å². The van der Waals surface area contributed by atoms with Crippen LogP contribution >= 0.6 is 0 Å². The van der Waals surface area contributed by atoms with Crippen LogP contribution in [0.4, 0.5) is 5.69 Å². The number of carbonyl (C=O) groups excluding carboxylic acids is 1. The fourth-order valence-corrected chi connectivity index (χ4v) is 3.97. The smallest absolute Gasteiger partial charge is 0.220 e. The molecule has 0 radical (unpaired) electrons. The Bertz CT molecular complexity index is 511. The molecule has 3 atom stereocenters. The second-order valence-corrected chi connectivity index (χ2v) is 6.45. The van der Waals surface area contributed by atoms with E-state index in [4.69, 9.17) is 0 Å². The highest BCUT2D eigenvalue weighted by atomic mass is 16.2. The summed E-state index contributed by atoms with van der Waals surface area (Å²) in [5, 5.41) is 3.71. The van der Waals surface area contributed by atoms with Crippen molar-refractivity contribution in [2.45, 2.75) is 64.1 Å². The van der Waals surface area contributed by atoms with Crippen molar-refractivity contribution in [2.75, 3.05) is 5.32 Å². The predicted octanol–water partition coefficient (Wildman–Crippen LogP) is 3.37. The summed E-state index contributed by atoms with van der Waals surface area (Å²) < 4.78 is 0. The maximum absolute atomic E-state index is 11.8. The molecule has 1 N–H and O–H groups in total. The number of para-hydroxylation sites is 1. The summed E-state index contributed by atoms with van der Waals surface area (Å²) in [6, 6.07) is 9.81. The summed E-state index contributed by atoms with van der Waals surface area (Å²) in [7, 11) is 0. The Kier molecular flexibility index (Phi) is 3.45. The number of hydrogen-bond acceptors (Lipinski definition) is 2. The molecule has 0 aliphatic carbocycles. The molecule has 0 aromatic heterocycles. The summed E-state index contributed by atoms with van der Waals surface area (Å²) >= 11 is 0. The third-order valence-electron chi connectivity index (χ3n) is 4.82. The largest absolute Gasteiger partial charge is 0.380 e. The maximum Gasteiger partial charge on any atom is 0.220 e. The molecule has 2 fully saturated rings. The number of anilines is 1. The van der Waals surface area contributed by atoms with Gasteiger partial charge in [-0.2, -0.15) is 0 Å². The highest BCUT2D eigenvalue weighted by molar-refractivity contribution is 5.75. The predicted molar refractivity (Wildman–Crippen MR) is 81.9 cm³/mol. The van der Waals surface area contributed by atoms with Crippen LogP contribution in [-0.4, -0.2) is 28.9 Å². The zero-order valence-corrected chi connectivity index (χ0v) is 12.6. The molecule has 3 rings (SSSR count). The van der Waals surface area contributed by atoms with Gasteiger partial charge in [-0.25, -0.2) is 0 Å². The van der Waals surface area contributed by atoms with Crippen LogP contribution in [0.2, 0.25) is 0 Å². The van der Waals surface area contributed by atoms with E-state index >= 15 is 0 Å². The van der Waals surface area contributed by atoms with E-state index in [1.54, 1.807) is 6.92 Å². The molecule has 2 saturated heterocycles. The summed E-state index contributed by atoms with van der Waals surface area (Å²) in [6.45, 7) is 6.15. The number of rotatable bonds is 3. The molecule has 1 unspecified atom stereocenters. The third-order valence-corrected chi connectivity index (χ3v) is 4.82. The van der Waals surface area contributed by atoms with Gasteiger partial charge in [-0.3, -0.25) is 4.79 Å². The second kappa shape index (κ2) is 5.12. The molecule has 20 heavy (non-hydrogen) atoms. The van der Waals surface area contributed by atoms with Gasteiger partial charge in [-0.1, -0.05) is 32.0 Å². The molecule has 1 aromatic rings. The Hall–Kier alpha value is -1.51. The molecular weight excluding hydrogens is 248 g/mol. The minimum absolute atomic E-state index is 0.235. The maximum atomic E-state index is 11.8. The fraction of sp³-hybridized carbons (Fsp3) is 0.588. The Morgan fingerprint density at radius 1 is 1.30 bits per heavy atom. The van der Waals surface area contributed by atoms with E-state index in [1.165, 1.54) is 17.7 Å². The van der Waals surface area contributed by atoms with Gasteiger partial charge in [0.05, 0.1) is 6.04 Å². The molecule has 0 spiro atoms. The zero-order valence-electron chi connectivity index (χ0n) is 12.6. The van der Waals surface area contributed by atoms with Crippen molar-refractivity contribution < 1.29 is 4.79 Å². The van der Waals surface area contributed by atoms with Gasteiger partial charge in [0.15, 0.2) is 0 Å². The van der Waals surface area contributed by atoms with E-state index < -0.39 is 0 Å². The Morgan fingerprint density at radius 3 is 2.70 bits per heavy atom. The fourth-order valence-electron chi connectivity index (χ4n) is 3.97. The van der Waals surface area contributed by atoms with Gasteiger partial charge in [-0.05, 0) is 36.8 Å². The summed E-state index contributed by atoms with van der Waals surface area (Å²) in [5.41, 5.74) is 2.60. The van der Waals surface area contributed by atoms with E-state index in [0.29, 0.717) is 24.0 Å². The molecule has 0 saturated carbocycles. The number of hydrogen-bond donors (Lipinski definition) is 1. The number of nitrogens with zero attached hydrogens (tertiary/aromatic N) is 1. The van der Waals surface area contributed by atoms with E-state index in [9.17, 15) is 4.79 Å². The van der Waals surface area contributed by atoms with Crippen molar-refractivity contribution in [1.82, 2.24) is 4.90 Å². The van der Waals surface area contributed by atoms with Crippen LogP contribution in [0.15, 0.2) is 24.3 Å². The van der Waals surface area contributed by atoms with Gasteiger partial charge in [-0.15, -0.1) is 0 Å². The highest BCUT2D eigenvalue weighted by Crippen LogP contribution is 2.39. The van der Waals surface area contributed by atoms with Gasteiger partial charge in [0.2, 0.25) is 5.91 Å². The highest BCUT2D eigenvalue weighted by Gasteiger charge is 2.47. The minimum Gasteiger partial charge on any atom is -0.380 e. The van der Waals surface area contributed by atoms with Crippen molar-refractivity contribution >= 4 is 11.6 Å². The molecular formula is C17H24N2O. The van der Waals surface area contributed by atoms with Gasteiger partial charge >= 0.3 is 0 Å². The first kappa shape index (κ1) is 13.5. The Balaban J connectivity index is 1.79. The third kappa shape index (κ3) is 2.19. The van der Waals surface area contributed by atoms with Crippen LogP contribution in [0.1, 0.15) is 51.5 Å². The number of amides is 1. The molecule has 2 aliphatic heterocycles. The van der Waals surface area contributed by atoms with Gasteiger partial charge in [0.1, 0.15) is 0 Å². The summed E-state index contributed by atoms with van der Waals surface area (Å²) in [6.07, 6.45) is 3.41. The summed E-state index contributed by atoms with van der Waals surface area (Å²) in [4.78, 5) is 13.9. The first-order chi connectivity index (χ1) is 9.58. The Labute approximate surface area is 121 Å². The normalized spacial score (nSPS) is 28.2. The lowest BCUT2D eigenvalue weighted by atomic mass is 9.94. The zero-order chi connectivity index (χ0) is 14.3. The second-order valence-electron chi connectivity index (χ2n) is 6.45. The average molecular weight is 272 g/mol. The van der Waals surface area contributed by atoms with E-state index in [-0.39, 0.29) is 5.91 Å². The first-order valence-electron chi connectivity index (χ1n) is 7.72. The van der Waals surface area contributed by atoms with Crippen molar-refractivity contribution in [2.24, 2.45) is 0 Å². The monoisotopic (exact) mass is 272 g/mol. The standard InChI is InChI=1S/C17H24N2O/c1-11(2)14-6-4-5-7-15(14)18-16-10-13-8-9-17(16)19(13)12(3)20/h4-7,11,13,16-18H,8-10H2,1-3H3/t13-,16?,17+/m0/s1. The van der Waals surface area contributed by atoms with Crippen molar-refractivity contribution in [3.63, 3.8) is 0 Å². The average Bonchev–Trinajstić information content (AvgIpc) is 2.96. The number of nitrogens with one attached hydrogen (secondary N) is 1. The lowest BCUT2D eigenvalue weighted by Crippen LogP contribution is -2.38. The van der Waals surface area contributed by atoms with Crippen LogP contribution in [0.5, 0.6) is 0 Å².